The smallest absolute Gasteiger partial charge is 0.224 e. The Labute approximate surface area is 127 Å². The molecule has 3 rings (SSSR count). The minimum atomic E-state index is -0.106. The van der Waals surface area contributed by atoms with Crippen LogP contribution in [0.15, 0.2) is 22.7 Å². The largest absolute Gasteiger partial charge is 0.394 e. The minimum Gasteiger partial charge on any atom is -0.394 e. The number of rotatable bonds is 4. The maximum absolute atomic E-state index is 12.3. The highest BCUT2D eigenvalue weighted by atomic mass is 79.9. The predicted molar refractivity (Wildman–Crippen MR) is 81.6 cm³/mol. The van der Waals surface area contributed by atoms with E-state index in [4.69, 9.17) is 0 Å². The molecule has 0 bridgehead atoms. The Hall–Kier alpha value is -0.870. The highest BCUT2D eigenvalue weighted by Crippen LogP contribution is 2.61. The van der Waals surface area contributed by atoms with Crippen LogP contribution in [0.25, 0.3) is 0 Å². The highest BCUT2D eigenvalue weighted by molar-refractivity contribution is 9.10. The van der Waals surface area contributed by atoms with Crippen LogP contribution in [0.4, 0.5) is 0 Å². The van der Waals surface area contributed by atoms with Gasteiger partial charge in [0.1, 0.15) is 0 Å². The summed E-state index contributed by atoms with van der Waals surface area (Å²) >= 11 is 3.51. The molecular weight excluding hydrogens is 318 g/mol. The zero-order chi connectivity index (χ0) is 14.3. The summed E-state index contributed by atoms with van der Waals surface area (Å²) in [7, 11) is 0. The van der Waals surface area contributed by atoms with Crippen LogP contribution in [0, 0.1) is 5.92 Å². The van der Waals surface area contributed by atoms with Gasteiger partial charge in [0, 0.05) is 15.8 Å². The molecule has 20 heavy (non-hydrogen) atoms. The van der Waals surface area contributed by atoms with E-state index in [1.807, 2.05) is 6.92 Å². The molecule has 0 saturated heterocycles. The summed E-state index contributed by atoms with van der Waals surface area (Å²) in [6, 6.07) is 6.32. The lowest BCUT2D eigenvalue weighted by Crippen LogP contribution is -2.39. The summed E-state index contributed by atoms with van der Waals surface area (Å²) in [5, 5.41) is 12.2. The monoisotopic (exact) mass is 337 g/mol. The number of hydrogen-bond donors (Lipinski definition) is 2. The standard InChI is InChI=1S/C16H20BrNO2/c1-2-12(9-19)18-15(20)14-8-16(14)6-5-10-7-11(17)3-4-13(10)16/h3-4,7,12,14,19H,2,5-6,8-9H2,1H3,(H,18,20)/t12-,14+,16+/m0/s1. The molecule has 0 heterocycles. The minimum absolute atomic E-state index is 0.0193. The van der Waals surface area contributed by atoms with Gasteiger partial charge in [-0.2, -0.15) is 0 Å². The first-order valence-electron chi connectivity index (χ1n) is 7.31. The third kappa shape index (κ3) is 2.19. The predicted octanol–water partition coefficient (Wildman–Crippen LogP) is 2.54. The normalized spacial score (nSPS) is 28.2. The lowest BCUT2D eigenvalue weighted by molar-refractivity contribution is -0.123. The van der Waals surface area contributed by atoms with E-state index in [0.717, 1.165) is 30.2 Å². The second-order valence-electron chi connectivity index (χ2n) is 6.01. The SMILES string of the molecule is CC[C@@H](CO)NC(=O)[C@H]1C[C@@]12CCc1cc(Br)ccc12. The molecule has 2 aliphatic rings. The Bertz CT molecular complexity index is 541. The number of halogens is 1. The van der Waals surface area contributed by atoms with Crippen LogP contribution in [0.2, 0.25) is 0 Å². The Morgan fingerprint density at radius 1 is 1.60 bits per heavy atom. The molecule has 3 atom stereocenters. The zero-order valence-electron chi connectivity index (χ0n) is 11.7. The second-order valence-corrected chi connectivity index (χ2v) is 6.93. The summed E-state index contributed by atoms with van der Waals surface area (Å²) in [5.41, 5.74) is 2.81. The van der Waals surface area contributed by atoms with Gasteiger partial charge in [-0.15, -0.1) is 0 Å². The zero-order valence-corrected chi connectivity index (χ0v) is 13.2. The van der Waals surface area contributed by atoms with Crippen molar-refractivity contribution < 1.29 is 9.90 Å². The van der Waals surface area contributed by atoms with Gasteiger partial charge in [-0.25, -0.2) is 0 Å². The van der Waals surface area contributed by atoms with E-state index in [1.54, 1.807) is 0 Å². The van der Waals surface area contributed by atoms with Crippen LogP contribution in [0.5, 0.6) is 0 Å². The van der Waals surface area contributed by atoms with E-state index in [-0.39, 0.29) is 29.9 Å². The van der Waals surface area contributed by atoms with Crippen LogP contribution in [-0.4, -0.2) is 23.7 Å². The van der Waals surface area contributed by atoms with Crippen molar-refractivity contribution in [3.05, 3.63) is 33.8 Å². The number of nitrogens with one attached hydrogen (secondary N) is 1. The van der Waals surface area contributed by atoms with Gasteiger partial charge in [0.15, 0.2) is 0 Å². The van der Waals surface area contributed by atoms with Crippen molar-refractivity contribution in [2.45, 2.75) is 44.1 Å². The van der Waals surface area contributed by atoms with Gasteiger partial charge in [0.05, 0.1) is 12.6 Å². The van der Waals surface area contributed by atoms with E-state index in [9.17, 15) is 9.90 Å². The molecule has 4 heteroatoms. The topological polar surface area (TPSA) is 49.3 Å². The number of fused-ring (bicyclic) bond motifs is 2. The molecule has 0 radical (unpaired) electrons. The molecule has 1 fully saturated rings. The van der Waals surface area contributed by atoms with Crippen molar-refractivity contribution in [1.82, 2.24) is 5.32 Å². The lowest BCUT2D eigenvalue weighted by Gasteiger charge is -2.16. The first-order valence-corrected chi connectivity index (χ1v) is 8.10. The number of hydrogen-bond acceptors (Lipinski definition) is 2. The molecule has 1 amide bonds. The molecule has 2 aliphatic carbocycles. The molecule has 3 nitrogen and oxygen atoms in total. The van der Waals surface area contributed by atoms with Crippen molar-refractivity contribution in [2.24, 2.45) is 5.92 Å². The molecule has 1 aromatic rings. The van der Waals surface area contributed by atoms with Gasteiger partial charge in [-0.1, -0.05) is 28.9 Å². The number of benzene rings is 1. The fourth-order valence-electron chi connectivity index (χ4n) is 3.55. The fraction of sp³-hybridized carbons (Fsp3) is 0.562. The molecule has 0 aromatic heterocycles. The number of carbonyl (C=O) groups is 1. The molecular formula is C16H20BrNO2. The number of aryl methyl sites for hydroxylation is 1. The molecule has 0 unspecified atom stereocenters. The summed E-state index contributed by atoms with van der Waals surface area (Å²) in [4.78, 5) is 12.3. The Morgan fingerprint density at radius 3 is 3.10 bits per heavy atom. The van der Waals surface area contributed by atoms with Crippen molar-refractivity contribution in [2.75, 3.05) is 6.61 Å². The number of amides is 1. The first kappa shape index (κ1) is 14.1. The van der Waals surface area contributed by atoms with Gasteiger partial charge < -0.3 is 10.4 Å². The molecule has 1 aromatic carbocycles. The van der Waals surface area contributed by atoms with Crippen LogP contribution in [0.1, 0.15) is 37.3 Å². The van der Waals surface area contributed by atoms with E-state index in [2.05, 4.69) is 39.4 Å². The van der Waals surface area contributed by atoms with E-state index in [1.165, 1.54) is 11.1 Å². The average molecular weight is 338 g/mol. The Morgan fingerprint density at radius 2 is 2.40 bits per heavy atom. The van der Waals surface area contributed by atoms with Crippen LogP contribution >= 0.6 is 15.9 Å². The average Bonchev–Trinajstić information content (AvgIpc) is 3.07. The third-order valence-corrected chi connectivity index (χ3v) is 5.39. The molecule has 2 N–H and O–H groups in total. The Kier molecular flexibility index (Phi) is 3.63. The number of carbonyl (C=O) groups excluding carboxylic acids is 1. The van der Waals surface area contributed by atoms with Gasteiger partial charge in [0.2, 0.25) is 5.91 Å². The molecule has 0 aliphatic heterocycles. The first-order chi connectivity index (χ1) is 9.60. The molecule has 108 valence electrons. The molecule has 1 saturated carbocycles. The summed E-state index contributed by atoms with van der Waals surface area (Å²) in [6.07, 6.45) is 3.86. The lowest BCUT2D eigenvalue weighted by atomic mass is 9.95. The third-order valence-electron chi connectivity index (χ3n) is 4.90. The van der Waals surface area contributed by atoms with Crippen molar-refractivity contribution in [3.63, 3.8) is 0 Å². The quantitative estimate of drug-likeness (QED) is 0.886. The van der Waals surface area contributed by atoms with E-state index >= 15 is 0 Å². The van der Waals surface area contributed by atoms with Crippen LogP contribution in [0.3, 0.4) is 0 Å². The van der Waals surface area contributed by atoms with Crippen LogP contribution in [-0.2, 0) is 16.6 Å². The van der Waals surface area contributed by atoms with Crippen LogP contribution < -0.4 is 5.32 Å². The summed E-state index contributed by atoms with van der Waals surface area (Å²) in [5.74, 6) is 0.201. The van der Waals surface area contributed by atoms with Crippen molar-refractivity contribution >= 4 is 21.8 Å². The van der Waals surface area contributed by atoms with Crippen molar-refractivity contribution in [1.29, 1.82) is 0 Å². The van der Waals surface area contributed by atoms with E-state index < -0.39 is 0 Å². The summed E-state index contributed by atoms with van der Waals surface area (Å²) < 4.78 is 1.11. The second kappa shape index (κ2) is 5.15. The van der Waals surface area contributed by atoms with Gasteiger partial charge in [-0.05, 0) is 48.9 Å². The van der Waals surface area contributed by atoms with Gasteiger partial charge in [-0.3, -0.25) is 4.79 Å². The Balaban J connectivity index is 1.75. The summed E-state index contributed by atoms with van der Waals surface area (Å²) in [6.45, 7) is 2.00. The van der Waals surface area contributed by atoms with Gasteiger partial charge >= 0.3 is 0 Å². The maximum atomic E-state index is 12.3. The maximum Gasteiger partial charge on any atom is 0.224 e. The number of aliphatic hydroxyl groups excluding tert-OH is 1. The molecule has 1 spiro atoms. The van der Waals surface area contributed by atoms with Gasteiger partial charge in [0.25, 0.3) is 0 Å². The number of aliphatic hydroxyl groups is 1. The van der Waals surface area contributed by atoms with Crippen molar-refractivity contribution in [3.8, 4) is 0 Å². The van der Waals surface area contributed by atoms with E-state index in [0.29, 0.717) is 0 Å². The fourth-order valence-corrected chi connectivity index (χ4v) is 3.96. The highest BCUT2D eigenvalue weighted by Gasteiger charge is 2.61.